The summed E-state index contributed by atoms with van der Waals surface area (Å²) in [6.45, 7) is 1.71. The van der Waals surface area contributed by atoms with E-state index in [2.05, 4.69) is 4.99 Å². The number of carbonyl (C=O) groups excluding carboxylic acids is 2. The molecule has 132 valence electrons. The molecule has 0 radical (unpaired) electrons. The van der Waals surface area contributed by atoms with E-state index < -0.39 is 5.97 Å². The first-order chi connectivity index (χ1) is 12.6. The van der Waals surface area contributed by atoms with Gasteiger partial charge in [-0.2, -0.15) is 0 Å². The number of rotatable bonds is 5. The van der Waals surface area contributed by atoms with Crippen molar-refractivity contribution in [3.8, 4) is 11.5 Å². The first-order valence-electron chi connectivity index (χ1n) is 8.07. The SMILES string of the molecule is CCC(=O)Oc1ccc(C=C2N=C(c3ccccc3)OC2=O)cc1OC. The van der Waals surface area contributed by atoms with E-state index in [1.165, 1.54) is 7.11 Å². The van der Waals surface area contributed by atoms with Crippen LogP contribution in [0.3, 0.4) is 0 Å². The van der Waals surface area contributed by atoms with Gasteiger partial charge < -0.3 is 14.2 Å². The van der Waals surface area contributed by atoms with Crippen LogP contribution in [0.2, 0.25) is 0 Å². The zero-order valence-electron chi connectivity index (χ0n) is 14.4. The van der Waals surface area contributed by atoms with Gasteiger partial charge in [-0.15, -0.1) is 0 Å². The van der Waals surface area contributed by atoms with E-state index in [0.717, 1.165) is 5.56 Å². The van der Waals surface area contributed by atoms with Crippen LogP contribution in [0.15, 0.2) is 59.2 Å². The molecule has 26 heavy (non-hydrogen) atoms. The van der Waals surface area contributed by atoms with Crippen molar-refractivity contribution in [1.82, 2.24) is 0 Å². The highest BCUT2D eigenvalue weighted by molar-refractivity contribution is 6.12. The lowest BCUT2D eigenvalue weighted by Crippen LogP contribution is -2.06. The van der Waals surface area contributed by atoms with E-state index in [0.29, 0.717) is 17.1 Å². The summed E-state index contributed by atoms with van der Waals surface area (Å²) in [7, 11) is 1.48. The second-order valence-corrected chi connectivity index (χ2v) is 5.44. The van der Waals surface area contributed by atoms with Crippen LogP contribution >= 0.6 is 0 Å². The average Bonchev–Trinajstić information content (AvgIpc) is 3.04. The van der Waals surface area contributed by atoms with Crippen LogP contribution in [0.5, 0.6) is 11.5 Å². The van der Waals surface area contributed by atoms with E-state index in [1.54, 1.807) is 31.2 Å². The van der Waals surface area contributed by atoms with Crippen molar-refractivity contribution in [2.75, 3.05) is 7.11 Å². The Kier molecular flexibility index (Phi) is 5.12. The van der Waals surface area contributed by atoms with Gasteiger partial charge in [0, 0.05) is 12.0 Å². The van der Waals surface area contributed by atoms with Crippen molar-refractivity contribution >= 4 is 23.9 Å². The molecular formula is C20H17NO5. The van der Waals surface area contributed by atoms with Crippen molar-refractivity contribution in [2.45, 2.75) is 13.3 Å². The largest absolute Gasteiger partial charge is 0.493 e. The van der Waals surface area contributed by atoms with Crippen LogP contribution in [0.25, 0.3) is 6.08 Å². The summed E-state index contributed by atoms with van der Waals surface area (Å²) < 4.78 is 15.7. The van der Waals surface area contributed by atoms with Crippen molar-refractivity contribution in [2.24, 2.45) is 4.99 Å². The Morgan fingerprint density at radius 3 is 2.62 bits per heavy atom. The number of hydrogen-bond acceptors (Lipinski definition) is 6. The average molecular weight is 351 g/mol. The lowest BCUT2D eigenvalue weighted by molar-refractivity contribution is -0.134. The smallest absolute Gasteiger partial charge is 0.363 e. The Bertz CT molecular complexity index is 900. The number of esters is 2. The zero-order chi connectivity index (χ0) is 18.5. The number of methoxy groups -OCH3 is 1. The maximum absolute atomic E-state index is 12.1. The maximum Gasteiger partial charge on any atom is 0.363 e. The summed E-state index contributed by atoms with van der Waals surface area (Å²) in [5, 5.41) is 0. The third kappa shape index (κ3) is 3.80. The molecule has 0 saturated carbocycles. The molecule has 6 nitrogen and oxygen atoms in total. The predicted octanol–water partition coefficient (Wildman–Crippen LogP) is 3.36. The van der Waals surface area contributed by atoms with Crippen LogP contribution < -0.4 is 9.47 Å². The highest BCUT2D eigenvalue weighted by Crippen LogP contribution is 2.30. The van der Waals surface area contributed by atoms with Gasteiger partial charge in [0.1, 0.15) is 0 Å². The lowest BCUT2D eigenvalue weighted by Gasteiger charge is -2.09. The van der Waals surface area contributed by atoms with Gasteiger partial charge in [0.05, 0.1) is 7.11 Å². The van der Waals surface area contributed by atoms with E-state index in [9.17, 15) is 9.59 Å². The third-order valence-corrected chi connectivity index (χ3v) is 3.64. The fourth-order valence-corrected chi connectivity index (χ4v) is 2.32. The number of aliphatic imine (C=N–C) groups is 1. The zero-order valence-corrected chi connectivity index (χ0v) is 14.4. The molecule has 3 rings (SSSR count). The summed E-state index contributed by atoms with van der Waals surface area (Å²) in [5.74, 6) is 0.0984. The fraction of sp³-hybridized carbons (Fsp3) is 0.150. The van der Waals surface area contributed by atoms with Gasteiger partial charge in [0.15, 0.2) is 17.2 Å². The molecule has 1 aliphatic rings. The number of cyclic esters (lactones) is 1. The number of benzene rings is 2. The highest BCUT2D eigenvalue weighted by Gasteiger charge is 2.24. The third-order valence-electron chi connectivity index (χ3n) is 3.64. The van der Waals surface area contributed by atoms with E-state index in [-0.39, 0.29) is 24.0 Å². The minimum Gasteiger partial charge on any atom is -0.493 e. The standard InChI is InChI=1S/C20H17NO5/c1-3-18(22)25-16-10-9-13(12-17(16)24-2)11-15-20(23)26-19(21-15)14-7-5-4-6-8-14/h4-12H,3H2,1-2H3. The van der Waals surface area contributed by atoms with E-state index in [4.69, 9.17) is 14.2 Å². The molecule has 0 unspecified atom stereocenters. The first-order valence-corrected chi connectivity index (χ1v) is 8.07. The van der Waals surface area contributed by atoms with Gasteiger partial charge in [-0.1, -0.05) is 31.2 Å². The quantitative estimate of drug-likeness (QED) is 0.469. The number of hydrogen-bond donors (Lipinski definition) is 0. The number of carbonyl (C=O) groups is 2. The molecular weight excluding hydrogens is 334 g/mol. The molecule has 0 atom stereocenters. The summed E-state index contributed by atoms with van der Waals surface area (Å²) in [6.07, 6.45) is 1.85. The monoisotopic (exact) mass is 351 g/mol. The molecule has 0 amide bonds. The molecule has 6 heteroatoms. The molecule has 0 bridgehead atoms. The second kappa shape index (κ2) is 7.65. The minimum atomic E-state index is -0.524. The predicted molar refractivity (Wildman–Crippen MR) is 96.0 cm³/mol. The van der Waals surface area contributed by atoms with Crippen LogP contribution in [0.4, 0.5) is 0 Å². The topological polar surface area (TPSA) is 74.2 Å². The summed E-state index contributed by atoms with van der Waals surface area (Å²) >= 11 is 0. The Labute approximate surface area is 150 Å². The molecule has 1 aliphatic heterocycles. The molecule has 0 aromatic heterocycles. The van der Waals surface area contributed by atoms with Crippen molar-refractivity contribution in [3.05, 3.63) is 65.4 Å². The molecule has 2 aromatic carbocycles. The Hall–Kier alpha value is -3.41. The van der Waals surface area contributed by atoms with Gasteiger partial charge in [-0.3, -0.25) is 4.79 Å². The van der Waals surface area contributed by atoms with Crippen molar-refractivity contribution in [3.63, 3.8) is 0 Å². The van der Waals surface area contributed by atoms with Gasteiger partial charge >= 0.3 is 11.9 Å². The van der Waals surface area contributed by atoms with Crippen LogP contribution in [-0.4, -0.2) is 24.9 Å². The molecule has 0 saturated heterocycles. The van der Waals surface area contributed by atoms with E-state index >= 15 is 0 Å². The first kappa shape index (κ1) is 17.4. The lowest BCUT2D eigenvalue weighted by atomic mass is 10.1. The molecule has 1 heterocycles. The number of nitrogens with zero attached hydrogens (tertiary/aromatic N) is 1. The molecule has 0 aliphatic carbocycles. The minimum absolute atomic E-state index is 0.184. The fourth-order valence-electron chi connectivity index (χ4n) is 2.32. The highest BCUT2D eigenvalue weighted by atomic mass is 16.6. The van der Waals surface area contributed by atoms with Gasteiger partial charge in [0.2, 0.25) is 5.90 Å². The summed E-state index contributed by atoms with van der Waals surface area (Å²) in [6, 6.07) is 14.2. The van der Waals surface area contributed by atoms with Crippen LogP contribution in [0.1, 0.15) is 24.5 Å². The molecule has 0 N–H and O–H groups in total. The van der Waals surface area contributed by atoms with Gasteiger partial charge in [-0.05, 0) is 35.9 Å². The van der Waals surface area contributed by atoms with Gasteiger partial charge in [-0.25, -0.2) is 9.79 Å². The Balaban J connectivity index is 1.88. The molecule has 0 fully saturated rings. The van der Waals surface area contributed by atoms with Gasteiger partial charge in [0.25, 0.3) is 0 Å². The Morgan fingerprint density at radius 2 is 1.92 bits per heavy atom. The summed E-state index contributed by atoms with van der Waals surface area (Å²) in [4.78, 5) is 27.8. The molecule has 0 spiro atoms. The Morgan fingerprint density at radius 1 is 1.15 bits per heavy atom. The second-order valence-electron chi connectivity index (χ2n) is 5.44. The van der Waals surface area contributed by atoms with Crippen molar-refractivity contribution < 1.29 is 23.8 Å². The van der Waals surface area contributed by atoms with Crippen molar-refractivity contribution in [1.29, 1.82) is 0 Å². The normalized spacial score (nSPS) is 14.8. The maximum atomic E-state index is 12.1. The number of ether oxygens (including phenoxy) is 3. The summed E-state index contributed by atoms with van der Waals surface area (Å²) in [5.41, 5.74) is 1.58. The van der Waals surface area contributed by atoms with E-state index in [1.807, 2.05) is 30.3 Å². The van der Waals surface area contributed by atoms with Crippen LogP contribution in [0, 0.1) is 0 Å². The molecule has 2 aromatic rings. The van der Waals surface area contributed by atoms with Crippen LogP contribution in [-0.2, 0) is 14.3 Å².